The van der Waals surface area contributed by atoms with Gasteiger partial charge in [-0.05, 0) is 42.7 Å². The Morgan fingerprint density at radius 3 is 2.25 bits per heavy atom. The van der Waals surface area contributed by atoms with Gasteiger partial charge in [0, 0.05) is 11.8 Å². The van der Waals surface area contributed by atoms with E-state index in [0.29, 0.717) is 11.8 Å². The van der Waals surface area contributed by atoms with E-state index in [0.717, 1.165) is 24.3 Å². The molecule has 1 fully saturated rings. The van der Waals surface area contributed by atoms with E-state index in [1.165, 1.54) is 5.56 Å². The van der Waals surface area contributed by atoms with Crippen LogP contribution in [-0.2, 0) is 0 Å². The minimum absolute atomic E-state index is 0.135. The van der Waals surface area contributed by atoms with Crippen LogP contribution in [-0.4, -0.2) is 13.2 Å². The Bertz CT molecular complexity index is 673. The number of rotatable bonds is 6. The molecule has 2 aromatic rings. The Hall–Kier alpha value is -2.48. The SMILES string of the molecule is C=C[C@H]1CC[C@@H](/C=C/c2ccccc2)[C@@H]1Oc1ccc(OC)cc1. The molecule has 124 valence electrons. The number of methoxy groups -OCH3 is 1. The first kappa shape index (κ1) is 16.4. The summed E-state index contributed by atoms with van der Waals surface area (Å²) in [6.07, 6.45) is 8.89. The number of benzene rings is 2. The molecule has 0 spiro atoms. The number of ether oxygens (including phenoxy) is 2. The van der Waals surface area contributed by atoms with E-state index in [1.54, 1.807) is 7.11 Å². The van der Waals surface area contributed by atoms with E-state index in [4.69, 9.17) is 9.47 Å². The fourth-order valence-electron chi connectivity index (χ4n) is 3.27. The molecule has 0 radical (unpaired) electrons. The van der Waals surface area contributed by atoms with Gasteiger partial charge in [-0.1, -0.05) is 48.6 Å². The molecule has 0 unspecified atom stereocenters. The van der Waals surface area contributed by atoms with Gasteiger partial charge in [0.1, 0.15) is 17.6 Å². The van der Waals surface area contributed by atoms with Crippen LogP contribution in [0.1, 0.15) is 18.4 Å². The highest BCUT2D eigenvalue weighted by atomic mass is 16.5. The van der Waals surface area contributed by atoms with Crippen LogP contribution in [0.5, 0.6) is 11.5 Å². The third-order valence-electron chi connectivity index (χ3n) is 4.65. The molecule has 24 heavy (non-hydrogen) atoms. The summed E-state index contributed by atoms with van der Waals surface area (Å²) in [6.45, 7) is 3.99. The lowest BCUT2D eigenvalue weighted by atomic mass is 9.99. The van der Waals surface area contributed by atoms with Gasteiger partial charge >= 0.3 is 0 Å². The summed E-state index contributed by atoms with van der Waals surface area (Å²) in [5, 5.41) is 0. The van der Waals surface area contributed by atoms with Gasteiger partial charge in [0.2, 0.25) is 0 Å². The van der Waals surface area contributed by atoms with Gasteiger partial charge in [-0.15, -0.1) is 6.58 Å². The molecule has 2 nitrogen and oxygen atoms in total. The van der Waals surface area contributed by atoms with E-state index >= 15 is 0 Å². The smallest absolute Gasteiger partial charge is 0.120 e. The van der Waals surface area contributed by atoms with Crippen molar-refractivity contribution in [3.8, 4) is 11.5 Å². The van der Waals surface area contributed by atoms with E-state index in [2.05, 4.69) is 43.0 Å². The fourth-order valence-corrected chi connectivity index (χ4v) is 3.27. The minimum Gasteiger partial charge on any atom is -0.497 e. The molecule has 3 rings (SSSR count). The van der Waals surface area contributed by atoms with Crippen LogP contribution in [0.25, 0.3) is 6.08 Å². The van der Waals surface area contributed by atoms with Gasteiger partial charge in [0.25, 0.3) is 0 Å². The Balaban J connectivity index is 1.73. The molecule has 2 aromatic carbocycles. The second kappa shape index (κ2) is 7.87. The highest BCUT2D eigenvalue weighted by Crippen LogP contribution is 2.36. The Kier molecular flexibility index (Phi) is 5.37. The van der Waals surface area contributed by atoms with Crippen molar-refractivity contribution in [2.45, 2.75) is 18.9 Å². The average Bonchev–Trinajstić information content (AvgIpc) is 3.03. The molecule has 3 atom stereocenters. The molecule has 0 N–H and O–H groups in total. The highest BCUT2D eigenvalue weighted by Gasteiger charge is 2.34. The predicted molar refractivity (Wildman–Crippen MR) is 99.3 cm³/mol. The molecule has 0 bridgehead atoms. The van der Waals surface area contributed by atoms with E-state index in [1.807, 2.05) is 36.4 Å². The topological polar surface area (TPSA) is 18.5 Å². The maximum atomic E-state index is 6.30. The average molecular weight is 320 g/mol. The summed E-state index contributed by atoms with van der Waals surface area (Å²) in [5.74, 6) is 2.51. The van der Waals surface area contributed by atoms with Crippen molar-refractivity contribution >= 4 is 6.08 Å². The largest absolute Gasteiger partial charge is 0.497 e. The normalized spacial score (nSPS) is 23.3. The summed E-state index contributed by atoms with van der Waals surface area (Å²) in [5.41, 5.74) is 1.22. The third-order valence-corrected chi connectivity index (χ3v) is 4.65. The standard InChI is InChI=1S/C22H24O2/c1-3-18-11-12-19(10-9-17-7-5-4-6-8-17)22(18)24-21-15-13-20(23-2)14-16-21/h3-10,13-16,18-19,22H,1,11-12H2,2H3/b10-9+/t18-,19+,22+/m0/s1. The Morgan fingerprint density at radius 2 is 1.58 bits per heavy atom. The van der Waals surface area contributed by atoms with Crippen molar-refractivity contribution in [1.82, 2.24) is 0 Å². The lowest BCUT2D eigenvalue weighted by Crippen LogP contribution is -2.26. The Morgan fingerprint density at radius 1 is 0.917 bits per heavy atom. The number of hydrogen-bond donors (Lipinski definition) is 0. The highest BCUT2D eigenvalue weighted by molar-refractivity contribution is 5.49. The molecular formula is C22H24O2. The van der Waals surface area contributed by atoms with Crippen molar-refractivity contribution in [2.24, 2.45) is 11.8 Å². The second-order valence-electron chi connectivity index (χ2n) is 6.17. The van der Waals surface area contributed by atoms with Crippen LogP contribution < -0.4 is 9.47 Å². The summed E-state index contributed by atoms with van der Waals surface area (Å²) < 4.78 is 11.5. The van der Waals surface area contributed by atoms with E-state index in [9.17, 15) is 0 Å². The summed E-state index contributed by atoms with van der Waals surface area (Å²) in [6, 6.07) is 18.2. The maximum absolute atomic E-state index is 6.30. The van der Waals surface area contributed by atoms with Gasteiger partial charge in [0.05, 0.1) is 7.11 Å². The quantitative estimate of drug-likeness (QED) is 0.666. The first-order valence-corrected chi connectivity index (χ1v) is 8.46. The molecule has 0 aromatic heterocycles. The maximum Gasteiger partial charge on any atom is 0.120 e. The molecule has 1 aliphatic rings. The van der Waals surface area contributed by atoms with Crippen LogP contribution in [0.2, 0.25) is 0 Å². The molecule has 1 saturated carbocycles. The lowest BCUT2D eigenvalue weighted by Gasteiger charge is -2.23. The first-order chi connectivity index (χ1) is 11.8. The van der Waals surface area contributed by atoms with E-state index < -0.39 is 0 Å². The molecule has 0 amide bonds. The molecule has 0 heterocycles. The van der Waals surface area contributed by atoms with Crippen molar-refractivity contribution < 1.29 is 9.47 Å². The van der Waals surface area contributed by atoms with Gasteiger partial charge in [0.15, 0.2) is 0 Å². The van der Waals surface area contributed by atoms with Crippen molar-refractivity contribution in [3.05, 3.63) is 78.9 Å². The van der Waals surface area contributed by atoms with Crippen LogP contribution in [0.4, 0.5) is 0 Å². The molecule has 0 saturated heterocycles. The predicted octanol–water partition coefficient (Wildman–Crippen LogP) is 5.37. The Labute approximate surface area is 144 Å². The zero-order valence-corrected chi connectivity index (χ0v) is 14.1. The molecule has 2 heteroatoms. The minimum atomic E-state index is 0.135. The van der Waals surface area contributed by atoms with Crippen molar-refractivity contribution in [3.63, 3.8) is 0 Å². The lowest BCUT2D eigenvalue weighted by molar-refractivity contribution is 0.152. The van der Waals surface area contributed by atoms with Gasteiger partial charge in [-0.3, -0.25) is 0 Å². The summed E-state index contributed by atoms with van der Waals surface area (Å²) in [4.78, 5) is 0. The first-order valence-electron chi connectivity index (χ1n) is 8.46. The van der Waals surface area contributed by atoms with Crippen molar-refractivity contribution in [2.75, 3.05) is 7.11 Å². The zero-order chi connectivity index (χ0) is 16.8. The van der Waals surface area contributed by atoms with Gasteiger partial charge < -0.3 is 9.47 Å². The van der Waals surface area contributed by atoms with Gasteiger partial charge in [-0.25, -0.2) is 0 Å². The molecule has 1 aliphatic carbocycles. The molecule has 0 aliphatic heterocycles. The molecular weight excluding hydrogens is 296 g/mol. The van der Waals surface area contributed by atoms with E-state index in [-0.39, 0.29) is 6.10 Å². The van der Waals surface area contributed by atoms with Gasteiger partial charge in [-0.2, -0.15) is 0 Å². The monoisotopic (exact) mass is 320 g/mol. The van der Waals surface area contributed by atoms with Crippen LogP contribution in [0, 0.1) is 11.8 Å². The van der Waals surface area contributed by atoms with Crippen LogP contribution >= 0.6 is 0 Å². The fraction of sp³-hybridized carbons (Fsp3) is 0.273. The van der Waals surface area contributed by atoms with Crippen LogP contribution in [0.3, 0.4) is 0 Å². The van der Waals surface area contributed by atoms with Crippen LogP contribution in [0.15, 0.2) is 73.3 Å². The zero-order valence-electron chi connectivity index (χ0n) is 14.1. The third kappa shape index (κ3) is 3.88. The summed E-state index contributed by atoms with van der Waals surface area (Å²) in [7, 11) is 1.67. The van der Waals surface area contributed by atoms with Crippen molar-refractivity contribution in [1.29, 1.82) is 0 Å². The summed E-state index contributed by atoms with van der Waals surface area (Å²) >= 11 is 0. The second-order valence-corrected chi connectivity index (χ2v) is 6.17. The number of hydrogen-bond acceptors (Lipinski definition) is 2.